The minimum atomic E-state index is -3.61. The molecule has 0 N–H and O–H groups in total. The third kappa shape index (κ3) is 3.30. The summed E-state index contributed by atoms with van der Waals surface area (Å²) in [6, 6.07) is 3.08. The lowest BCUT2D eigenvalue weighted by Crippen LogP contribution is -2.26. The molecule has 1 atom stereocenters. The highest BCUT2D eigenvalue weighted by Crippen LogP contribution is 2.25. The van der Waals surface area contributed by atoms with Gasteiger partial charge in [-0.1, -0.05) is 11.6 Å². The molecule has 0 bridgehead atoms. The van der Waals surface area contributed by atoms with E-state index in [1.807, 2.05) is 0 Å². The summed E-state index contributed by atoms with van der Waals surface area (Å²) in [4.78, 5) is 13.1. The van der Waals surface area contributed by atoms with Crippen molar-refractivity contribution in [2.75, 3.05) is 17.2 Å². The number of anilines is 1. The van der Waals surface area contributed by atoms with Gasteiger partial charge in [0, 0.05) is 29.6 Å². The van der Waals surface area contributed by atoms with Gasteiger partial charge >= 0.3 is 0 Å². The molecule has 6 nitrogen and oxygen atoms in total. The number of aromatic nitrogens is 2. The molecule has 0 aliphatic carbocycles. The minimum absolute atomic E-state index is 0.135. The molecule has 0 spiro atoms. The van der Waals surface area contributed by atoms with Crippen molar-refractivity contribution in [1.82, 2.24) is 10.2 Å². The molecule has 98 valence electrons. The van der Waals surface area contributed by atoms with Crippen molar-refractivity contribution in [3.05, 3.63) is 17.3 Å². The molecule has 1 fully saturated rings. The summed E-state index contributed by atoms with van der Waals surface area (Å²) in [6.45, 7) is 0.265. The Kier molecular flexibility index (Phi) is 3.74. The number of halogens is 2. The van der Waals surface area contributed by atoms with Gasteiger partial charge in [0.2, 0.25) is 15.0 Å². The predicted molar refractivity (Wildman–Crippen MR) is 67.1 cm³/mol. The van der Waals surface area contributed by atoms with E-state index in [4.69, 9.17) is 22.3 Å². The lowest BCUT2D eigenvalue weighted by atomic mass is 10.1. The molecular weight excluding hydrogens is 301 g/mol. The van der Waals surface area contributed by atoms with Crippen LogP contribution in [-0.4, -0.2) is 36.8 Å². The number of hydrogen-bond donors (Lipinski definition) is 0. The summed E-state index contributed by atoms with van der Waals surface area (Å²) in [5.74, 6) is -0.383. The van der Waals surface area contributed by atoms with Crippen LogP contribution in [0.25, 0.3) is 0 Å². The number of nitrogens with zero attached hydrogens (tertiary/aromatic N) is 3. The van der Waals surface area contributed by atoms with Crippen LogP contribution in [0.15, 0.2) is 12.1 Å². The highest BCUT2D eigenvalue weighted by Gasteiger charge is 2.33. The van der Waals surface area contributed by atoms with Gasteiger partial charge < -0.3 is 0 Å². The zero-order valence-corrected chi connectivity index (χ0v) is 11.4. The first kappa shape index (κ1) is 13.5. The van der Waals surface area contributed by atoms with Crippen molar-refractivity contribution < 1.29 is 13.2 Å². The topological polar surface area (TPSA) is 80.2 Å². The van der Waals surface area contributed by atoms with E-state index in [9.17, 15) is 13.2 Å². The van der Waals surface area contributed by atoms with Gasteiger partial charge in [0.1, 0.15) is 0 Å². The second-order valence-corrected chi connectivity index (χ2v) is 7.20. The molecule has 0 saturated carbocycles. The van der Waals surface area contributed by atoms with Crippen LogP contribution in [0.4, 0.5) is 5.82 Å². The van der Waals surface area contributed by atoms with E-state index in [2.05, 4.69) is 10.2 Å². The summed E-state index contributed by atoms with van der Waals surface area (Å²) in [6.07, 6.45) is 0.135. The quantitative estimate of drug-likeness (QED) is 0.780. The molecule has 1 aromatic rings. The summed E-state index contributed by atoms with van der Waals surface area (Å²) in [5.41, 5.74) is 0. The van der Waals surface area contributed by atoms with Crippen molar-refractivity contribution in [3.63, 3.8) is 0 Å². The standard InChI is InChI=1S/C9H9Cl2N3O3S/c10-7-1-2-8(13-12-7)14-4-6(3-9(14)15)5-18(11,16)17/h1-2,6H,3-5H2. The third-order valence-corrected chi connectivity index (χ3v) is 3.98. The highest BCUT2D eigenvalue weighted by molar-refractivity contribution is 8.13. The van der Waals surface area contributed by atoms with E-state index < -0.39 is 9.05 Å². The number of hydrogen-bond acceptors (Lipinski definition) is 5. The molecule has 2 heterocycles. The van der Waals surface area contributed by atoms with E-state index in [0.717, 1.165) is 0 Å². The monoisotopic (exact) mass is 309 g/mol. The molecule has 1 saturated heterocycles. The van der Waals surface area contributed by atoms with Crippen LogP contribution in [0.5, 0.6) is 0 Å². The van der Waals surface area contributed by atoms with E-state index in [0.29, 0.717) is 5.82 Å². The maximum atomic E-state index is 11.7. The van der Waals surface area contributed by atoms with Gasteiger partial charge in [0.15, 0.2) is 11.0 Å². The van der Waals surface area contributed by atoms with Gasteiger partial charge in [-0.05, 0) is 12.1 Å². The lowest BCUT2D eigenvalue weighted by molar-refractivity contribution is -0.117. The Labute approximate surface area is 113 Å². The zero-order chi connectivity index (χ0) is 13.3. The van der Waals surface area contributed by atoms with Gasteiger partial charge in [-0.15, -0.1) is 10.2 Å². The van der Waals surface area contributed by atoms with Crippen molar-refractivity contribution >= 4 is 43.1 Å². The van der Waals surface area contributed by atoms with Crippen LogP contribution < -0.4 is 4.90 Å². The first-order valence-electron chi connectivity index (χ1n) is 5.07. The average Bonchev–Trinajstić information content (AvgIpc) is 2.58. The average molecular weight is 310 g/mol. The van der Waals surface area contributed by atoms with E-state index >= 15 is 0 Å². The van der Waals surface area contributed by atoms with Gasteiger partial charge in [-0.3, -0.25) is 9.69 Å². The van der Waals surface area contributed by atoms with Crippen molar-refractivity contribution in [2.45, 2.75) is 6.42 Å². The molecule has 9 heteroatoms. The fourth-order valence-electron chi connectivity index (χ4n) is 1.85. The molecule has 0 aromatic carbocycles. The van der Waals surface area contributed by atoms with Gasteiger partial charge in [0.25, 0.3) is 0 Å². The third-order valence-electron chi connectivity index (χ3n) is 2.53. The van der Waals surface area contributed by atoms with Gasteiger partial charge in [0.05, 0.1) is 5.75 Å². The van der Waals surface area contributed by atoms with E-state index in [-0.39, 0.29) is 35.7 Å². The Bertz CT molecular complexity index is 561. The Morgan fingerprint density at radius 2 is 2.11 bits per heavy atom. The molecule has 1 aliphatic rings. The maximum Gasteiger partial charge on any atom is 0.232 e. The fourth-order valence-corrected chi connectivity index (χ4v) is 3.27. The summed E-state index contributed by atoms with van der Waals surface area (Å²) in [7, 11) is 1.57. The molecule has 1 aliphatic heterocycles. The summed E-state index contributed by atoms with van der Waals surface area (Å²) >= 11 is 5.60. The Balaban J connectivity index is 2.12. The van der Waals surface area contributed by atoms with E-state index in [1.54, 1.807) is 6.07 Å². The predicted octanol–water partition coefficient (Wildman–Crippen LogP) is 1.05. The molecule has 0 radical (unpaired) electrons. The molecule has 1 unspecified atom stereocenters. The fraction of sp³-hybridized carbons (Fsp3) is 0.444. The largest absolute Gasteiger partial charge is 0.295 e. The van der Waals surface area contributed by atoms with Crippen LogP contribution in [0, 0.1) is 5.92 Å². The second kappa shape index (κ2) is 4.99. The van der Waals surface area contributed by atoms with Gasteiger partial charge in [-0.25, -0.2) is 8.42 Å². The highest BCUT2D eigenvalue weighted by atomic mass is 35.7. The van der Waals surface area contributed by atoms with Crippen LogP contribution in [-0.2, 0) is 13.8 Å². The first-order chi connectivity index (χ1) is 8.35. The second-order valence-electron chi connectivity index (χ2n) is 3.99. The number of amides is 1. The Morgan fingerprint density at radius 3 is 2.67 bits per heavy atom. The molecule has 1 amide bonds. The van der Waals surface area contributed by atoms with Crippen LogP contribution in [0.3, 0.4) is 0 Å². The Hall–Kier alpha value is -0.920. The van der Waals surface area contributed by atoms with Crippen molar-refractivity contribution in [2.24, 2.45) is 5.92 Å². The van der Waals surface area contributed by atoms with Crippen molar-refractivity contribution in [1.29, 1.82) is 0 Å². The van der Waals surface area contributed by atoms with Crippen LogP contribution in [0.1, 0.15) is 6.42 Å². The lowest BCUT2D eigenvalue weighted by Gasteiger charge is -2.14. The maximum absolute atomic E-state index is 11.7. The van der Waals surface area contributed by atoms with E-state index in [1.165, 1.54) is 11.0 Å². The summed E-state index contributed by atoms with van der Waals surface area (Å²) in [5, 5.41) is 7.64. The van der Waals surface area contributed by atoms with Crippen molar-refractivity contribution in [3.8, 4) is 0 Å². The minimum Gasteiger partial charge on any atom is -0.295 e. The SMILES string of the molecule is O=C1CC(CS(=O)(=O)Cl)CN1c1ccc(Cl)nn1. The van der Waals surface area contributed by atoms with Crippen LogP contribution in [0.2, 0.25) is 5.15 Å². The molecule has 2 rings (SSSR count). The normalized spacial score (nSPS) is 20.4. The number of rotatable bonds is 3. The smallest absolute Gasteiger partial charge is 0.232 e. The number of carbonyl (C=O) groups excluding carboxylic acids is 1. The zero-order valence-electron chi connectivity index (χ0n) is 9.08. The van der Waals surface area contributed by atoms with Gasteiger partial charge in [-0.2, -0.15) is 0 Å². The molecule has 18 heavy (non-hydrogen) atoms. The van der Waals surface area contributed by atoms with Crippen LogP contribution >= 0.6 is 22.3 Å². The summed E-state index contributed by atoms with van der Waals surface area (Å²) < 4.78 is 21.9. The Morgan fingerprint density at radius 1 is 1.39 bits per heavy atom. The molecule has 1 aromatic heterocycles. The molecular formula is C9H9Cl2N3O3S. The number of carbonyl (C=O) groups is 1. The first-order valence-corrected chi connectivity index (χ1v) is 7.93.